The summed E-state index contributed by atoms with van der Waals surface area (Å²) in [4.78, 5) is 15.0. The van der Waals surface area contributed by atoms with Gasteiger partial charge in [-0.25, -0.2) is 0 Å². The third-order valence-electron chi connectivity index (χ3n) is 4.72. The van der Waals surface area contributed by atoms with E-state index in [-0.39, 0.29) is 5.41 Å². The number of rotatable bonds is 6. The van der Waals surface area contributed by atoms with Gasteiger partial charge in [-0.15, -0.1) is 0 Å². The molecule has 1 fully saturated rings. The van der Waals surface area contributed by atoms with Gasteiger partial charge >= 0.3 is 0 Å². The van der Waals surface area contributed by atoms with E-state index in [1.807, 2.05) is 0 Å². The summed E-state index contributed by atoms with van der Waals surface area (Å²) in [7, 11) is 0. The first-order valence-electron chi connectivity index (χ1n) is 7.70. The molecule has 0 bridgehead atoms. The van der Waals surface area contributed by atoms with E-state index < -0.39 is 5.60 Å². The van der Waals surface area contributed by atoms with E-state index in [0.29, 0.717) is 24.7 Å². The molecule has 112 valence electrons. The lowest BCUT2D eigenvalue weighted by atomic mass is 9.71. The number of hydrogen-bond acceptors (Lipinski definition) is 3. The van der Waals surface area contributed by atoms with Gasteiger partial charge in [-0.05, 0) is 66.5 Å². The molecule has 1 rings (SSSR count). The zero-order valence-corrected chi connectivity index (χ0v) is 13.3. The van der Waals surface area contributed by atoms with Gasteiger partial charge in [0, 0.05) is 17.9 Å². The maximum absolute atomic E-state index is 12.5. The van der Waals surface area contributed by atoms with Crippen molar-refractivity contribution in [3.05, 3.63) is 0 Å². The van der Waals surface area contributed by atoms with Gasteiger partial charge in [0.25, 0.3) is 0 Å². The highest BCUT2D eigenvalue weighted by molar-refractivity contribution is 5.85. The van der Waals surface area contributed by atoms with Gasteiger partial charge in [-0.3, -0.25) is 4.79 Å². The number of piperidine rings is 1. The second kappa shape index (κ2) is 6.36. The molecule has 0 amide bonds. The molecule has 0 spiro atoms. The zero-order valence-electron chi connectivity index (χ0n) is 13.3. The summed E-state index contributed by atoms with van der Waals surface area (Å²) in [5, 5.41) is 9.78. The molecule has 1 N–H and O–H groups in total. The Hall–Kier alpha value is -0.410. The molecular weight excluding hydrogens is 238 g/mol. The minimum atomic E-state index is -0.733. The fraction of sp³-hybridized carbons (Fsp3) is 0.938. The van der Waals surface area contributed by atoms with E-state index in [1.54, 1.807) is 13.8 Å². The molecule has 0 radical (unpaired) electrons. The van der Waals surface area contributed by atoms with E-state index in [2.05, 4.69) is 25.7 Å². The average molecular weight is 269 g/mol. The Morgan fingerprint density at radius 1 is 1.32 bits per heavy atom. The van der Waals surface area contributed by atoms with Gasteiger partial charge < -0.3 is 10.0 Å². The Labute approximate surface area is 118 Å². The molecule has 3 heteroatoms. The lowest BCUT2D eigenvalue weighted by molar-refractivity contribution is -0.133. The summed E-state index contributed by atoms with van der Waals surface area (Å²) >= 11 is 0. The highest BCUT2D eigenvalue weighted by Gasteiger charge is 2.39. The van der Waals surface area contributed by atoms with Crippen LogP contribution in [0.15, 0.2) is 0 Å². The first-order chi connectivity index (χ1) is 8.70. The number of hydrogen-bond donors (Lipinski definition) is 1. The minimum Gasteiger partial charge on any atom is -0.390 e. The molecule has 3 nitrogen and oxygen atoms in total. The van der Waals surface area contributed by atoms with Crippen LogP contribution >= 0.6 is 0 Å². The van der Waals surface area contributed by atoms with E-state index >= 15 is 0 Å². The van der Waals surface area contributed by atoms with Gasteiger partial charge in [0.05, 0.1) is 5.60 Å². The van der Waals surface area contributed by atoms with E-state index in [9.17, 15) is 9.90 Å². The van der Waals surface area contributed by atoms with Gasteiger partial charge in [0.15, 0.2) is 0 Å². The van der Waals surface area contributed by atoms with Crippen molar-refractivity contribution in [1.82, 2.24) is 4.90 Å². The quantitative estimate of drug-likeness (QED) is 0.806. The molecule has 0 aromatic heterocycles. The van der Waals surface area contributed by atoms with E-state index in [1.165, 1.54) is 0 Å². The van der Waals surface area contributed by atoms with Crippen molar-refractivity contribution in [2.75, 3.05) is 13.1 Å². The number of ketones is 1. The average Bonchev–Trinajstić information content (AvgIpc) is 2.35. The van der Waals surface area contributed by atoms with Crippen LogP contribution in [-0.2, 0) is 4.79 Å². The third kappa shape index (κ3) is 4.57. The van der Waals surface area contributed by atoms with Crippen molar-refractivity contribution < 1.29 is 9.90 Å². The number of carbonyl (C=O) groups excluding carboxylic acids is 1. The van der Waals surface area contributed by atoms with Gasteiger partial charge in [0.2, 0.25) is 0 Å². The molecule has 0 saturated carbocycles. The van der Waals surface area contributed by atoms with E-state index in [0.717, 1.165) is 32.4 Å². The lowest BCUT2D eigenvalue weighted by Crippen LogP contribution is -2.46. The molecule has 1 heterocycles. The number of Topliss-reactive ketones (excluding diaryl/α,β-unsaturated/α-hetero) is 1. The Morgan fingerprint density at radius 2 is 1.84 bits per heavy atom. The molecule has 0 aromatic rings. The molecule has 0 atom stereocenters. The Balaban J connectivity index is 2.60. The Kier molecular flexibility index (Phi) is 5.57. The Morgan fingerprint density at radius 3 is 2.21 bits per heavy atom. The highest BCUT2D eigenvalue weighted by atomic mass is 16.3. The summed E-state index contributed by atoms with van der Waals surface area (Å²) in [6.45, 7) is 12.2. The summed E-state index contributed by atoms with van der Waals surface area (Å²) in [6.07, 6.45) is 3.98. The number of likely N-dealkylation sites (tertiary alicyclic amines) is 1. The molecule has 1 aliphatic rings. The number of aliphatic hydroxyl groups is 1. The molecular formula is C16H31NO2. The molecule has 0 aliphatic carbocycles. The van der Waals surface area contributed by atoms with Gasteiger partial charge in [-0.1, -0.05) is 6.92 Å². The Bertz CT molecular complexity index is 296. The second-order valence-electron chi connectivity index (χ2n) is 7.00. The summed E-state index contributed by atoms with van der Waals surface area (Å²) in [5.41, 5.74) is -0.861. The van der Waals surface area contributed by atoms with Gasteiger partial charge in [0.1, 0.15) is 5.78 Å². The van der Waals surface area contributed by atoms with Crippen molar-refractivity contribution in [3.8, 4) is 0 Å². The lowest BCUT2D eigenvalue weighted by Gasteiger charge is -2.42. The first-order valence-corrected chi connectivity index (χ1v) is 7.70. The van der Waals surface area contributed by atoms with Gasteiger partial charge in [-0.2, -0.15) is 0 Å². The predicted molar refractivity (Wildman–Crippen MR) is 79.2 cm³/mol. The molecule has 1 aliphatic heterocycles. The normalized spacial score (nSPS) is 20.8. The van der Waals surface area contributed by atoms with Crippen LogP contribution in [0.4, 0.5) is 0 Å². The van der Waals surface area contributed by atoms with Crippen molar-refractivity contribution in [1.29, 1.82) is 0 Å². The van der Waals surface area contributed by atoms with Crippen LogP contribution in [0.2, 0.25) is 0 Å². The third-order valence-corrected chi connectivity index (χ3v) is 4.72. The summed E-state index contributed by atoms with van der Waals surface area (Å²) < 4.78 is 0. The maximum Gasteiger partial charge on any atom is 0.139 e. The van der Waals surface area contributed by atoms with Crippen molar-refractivity contribution in [3.63, 3.8) is 0 Å². The van der Waals surface area contributed by atoms with Crippen molar-refractivity contribution in [2.24, 2.45) is 5.41 Å². The van der Waals surface area contributed by atoms with Crippen LogP contribution in [0.5, 0.6) is 0 Å². The van der Waals surface area contributed by atoms with E-state index in [4.69, 9.17) is 0 Å². The zero-order chi connectivity index (χ0) is 14.7. The standard InChI is InChI=1S/C16H31NO2/c1-6-16(14(18)7-8-15(4,5)19)9-11-17(12-10-16)13(2)3/h13,19H,6-12H2,1-5H3. The van der Waals surface area contributed by atoms with Crippen molar-refractivity contribution in [2.45, 2.75) is 78.4 Å². The van der Waals surface area contributed by atoms with Crippen LogP contribution < -0.4 is 0 Å². The largest absolute Gasteiger partial charge is 0.390 e. The second-order valence-corrected chi connectivity index (χ2v) is 7.00. The number of nitrogens with zero attached hydrogens (tertiary/aromatic N) is 1. The maximum atomic E-state index is 12.5. The molecule has 19 heavy (non-hydrogen) atoms. The highest BCUT2D eigenvalue weighted by Crippen LogP contribution is 2.38. The fourth-order valence-electron chi connectivity index (χ4n) is 2.98. The van der Waals surface area contributed by atoms with Crippen LogP contribution in [0, 0.1) is 5.41 Å². The molecule has 0 aromatic carbocycles. The summed E-state index contributed by atoms with van der Waals surface area (Å²) in [6, 6.07) is 0.571. The number of carbonyl (C=O) groups is 1. The monoisotopic (exact) mass is 269 g/mol. The fourth-order valence-corrected chi connectivity index (χ4v) is 2.98. The van der Waals surface area contributed by atoms with Crippen LogP contribution in [0.25, 0.3) is 0 Å². The van der Waals surface area contributed by atoms with Crippen LogP contribution in [-0.4, -0.2) is 40.5 Å². The molecule has 1 saturated heterocycles. The summed E-state index contributed by atoms with van der Waals surface area (Å²) in [5.74, 6) is 0.362. The minimum absolute atomic E-state index is 0.128. The van der Waals surface area contributed by atoms with Crippen LogP contribution in [0.1, 0.15) is 66.7 Å². The molecule has 0 unspecified atom stereocenters. The topological polar surface area (TPSA) is 40.5 Å². The first kappa shape index (κ1) is 16.6. The van der Waals surface area contributed by atoms with Crippen molar-refractivity contribution >= 4 is 5.78 Å². The predicted octanol–water partition coefficient (Wildman–Crippen LogP) is 3.01. The van der Waals surface area contributed by atoms with Crippen LogP contribution in [0.3, 0.4) is 0 Å². The SMILES string of the molecule is CCC1(C(=O)CCC(C)(C)O)CCN(C(C)C)CC1. The smallest absolute Gasteiger partial charge is 0.139 e.